The minimum atomic E-state index is -0.337. The van der Waals surface area contributed by atoms with Gasteiger partial charge >= 0.3 is 11.9 Å². The Morgan fingerprint density at radius 2 is 1.03 bits per heavy atom. The lowest BCUT2D eigenvalue weighted by Crippen LogP contribution is -2.11. The third-order valence-electron chi connectivity index (χ3n) is 4.60. The highest BCUT2D eigenvalue weighted by Crippen LogP contribution is 2.43. The maximum Gasteiger partial charge on any atom is 0.302 e. The summed E-state index contributed by atoms with van der Waals surface area (Å²) in [6.45, 7) is 7.63. The standard InChI is InChI=1S/C24H26O6/c1-15-5-7-19-21(13-15)23(29-11-9-27-17(3)25)20-8-6-16(2)14-22(20)24(19)30-12-10-28-18(4)26/h5-8,13-14H,9-12H2,1-4H3. The van der Waals surface area contributed by atoms with Crippen LogP contribution in [-0.2, 0) is 19.1 Å². The first kappa shape index (κ1) is 21.4. The number of esters is 2. The van der Waals surface area contributed by atoms with Crippen molar-refractivity contribution in [3.05, 3.63) is 47.5 Å². The minimum absolute atomic E-state index is 0.177. The van der Waals surface area contributed by atoms with Gasteiger partial charge in [-0.25, -0.2) is 0 Å². The van der Waals surface area contributed by atoms with E-state index >= 15 is 0 Å². The van der Waals surface area contributed by atoms with E-state index in [0.29, 0.717) is 0 Å². The van der Waals surface area contributed by atoms with E-state index in [9.17, 15) is 9.59 Å². The topological polar surface area (TPSA) is 71.1 Å². The van der Waals surface area contributed by atoms with Gasteiger partial charge in [-0.05, 0) is 26.0 Å². The largest absolute Gasteiger partial charge is 0.489 e. The van der Waals surface area contributed by atoms with Crippen molar-refractivity contribution < 1.29 is 28.5 Å². The number of aryl methyl sites for hydroxylation is 2. The van der Waals surface area contributed by atoms with Gasteiger partial charge in [-0.3, -0.25) is 9.59 Å². The van der Waals surface area contributed by atoms with Crippen molar-refractivity contribution in [1.82, 2.24) is 0 Å². The zero-order valence-corrected chi connectivity index (χ0v) is 17.7. The van der Waals surface area contributed by atoms with Gasteiger partial charge in [0.25, 0.3) is 0 Å². The lowest BCUT2D eigenvalue weighted by Gasteiger charge is -2.18. The third kappa shape index (κ3) is 5.00. The van der Waals surface area contributed by atoms with Crippen LogP contribution in [0.2, 0.25) is 0 Å². The van der Waals surface area contributed by atoms with Gasteiger partial charge in [-0.15, -0.1) is 0 Å². The Hall–Kier alpha value is -3.28. The number of carbonyl (C=O) groups excluding carboxylic acids is 2. The summed E-state index contributed by atoms with van der Waals surface area (Å²) >= 11 is 0. The van der Waals surface area contributed by atoms with E-state index in [1.54, 1.807) is 0 Å². The molecule has 0 fully saturated rings. The summed E-state index contributed by atoms with van der Waals surface area (Å²) in [7, 11) is 0. The van der Waals surface area contributed by atoms with E-state index in [2.05, 4.69) is 12.1 Å². The fraction of sp³-hybridized carbons (Fsp3) is 0.333. The predicted octanol–water partition coefficient (Wildman–Crippen LogP) is 4.49. The van der Waals surface area contributed by atoms with Crippen LogP contribution in [0.3, 0.4) is 0 Å². The van der Waals surface area contributed by atoms with Crippen molar-refractivity contribution in [3.63, 3.8) is 0 Å². The van der Waals surface area contributed by atoms with Gasteiger partial charge in [0.05, 0.1) is 0 Å². The van der Waals surface area contributed by atoms with E-state index in [4.69, 9.17) is 18.9 Å². The molecule has 3 aromatic rings. The van der Waals surface area contributed by atoms with Crippen molar-refractivity contribution in [1.29, 1.82) is 0 Å². The molecule has 158 valence electrons. The van der Waals surface area contributed by atoms with Crippen LogP contribution in [-0.4, -0.2) is 38.4 Å². The summed E-state index contributed by atoms with van der Waals surface area (Å²) < 4.78 is 22.2. The zero-order chi connectivity index (χ0) is 21.7. The van der Waals surface area contributed by atoms with Crippen molar-refractivity contribution >= 4 is 33.5 Å². The summed E-state index contributed by atoms with van der Waals surface area (Å²) in [5.74, 6) is 0.777. The Kier molecular flexibility index (Phi) is 6.77. The summed E-state index contributed by atoms with van der Waals surface area (Å²) in [5, 5.41) is 3.64. The number of benzene rings is 3. The second-order valence-electron chi connectivity index (χ2n) is 7.13. The summed E-state index contributed by atoms with van der Waals surface area (Å²) in [5.41, 5.74) is 2.18. The molecule has 3 aromatic carbocycles. The molecule has 0 radical (unpaired) electrons. The van der Waals surface area contributed by atoms with Gasteiger partial charge < -0.3 is 18.9 Å². The van der Waals surface area contributed by atoms with Crippen LogP contribution in [0.4, 0.5) is 0 Å². The number of fused-ring (bicyclic) bond motifs is 2. The van der Waals surface area contributed by atoms with Crippen LogP contribution in [0.1, 0.15) is 25.0 Å². The lowest BCUT2D eigenvalue weighted by molar-refractivity contribution is -0.142. The Balaban J connectivity index is 2.07. The first-order valence-corrected chi connectivity index (χ1v) is 9.86. The monoisotopic (exact) mass is 410 g/mol. The van der Waals surface area contributed by atoms with Crippen LogP contribution in [0, 0.1) is 13.8 Å². The Morgan fingerprint density at radius 1 is 0.633 bits per heavy atom. The molecular weight excluding hydrogens is 384 g/mol. The van der Waals surface area contributed by atoms with Crippen molar-refractivity contribution in [2.75, 3.05) is 26.4 Å². The van der Waals surface area contributed by atoms with E-state index in [1.165, 1.54) is 13.8 Å². The van der Waals surface area contributed by atoms with E-state index in [1.807, 2.05) is 38.1 Å². The highest BCUT2D eigenvalue weighted by atomic mass is 16.6. The van der Waals surface area contributed by atoms with Gasteiger partial charge in [-0.2, -0.15) is 0 Å². The molecule has 30 heavy (non-hydrogen) atoms. The summed E-state index contributed by atoms with van der Waals surface area (Å²) in [4.78, 5) is 22.1. The quantitative estimate of drug-likeness (QED) is 0.309. The molecule has 6 heteroatoms. The second kappa shape index (κ2) is 9.48. The normalized spacial score (nSPS) is 10.8. The van der Waals surface area contributed by atoms with E-state index < -0.39 is 0 Å². The van der Waals surface area contributed by atoms with Gasteiger partial charge in [0, 0.05) is 35.4 Å². The molecule has 0 aromatic heterocycles. The smallest absolute Gasteiger partial charge is 0.302 e. The molecule has 0 aliphatic rings. The molecule has 0 unspecified atom stereocenters. The number of ether oxygens (including phenoxy) is 4. The van der Waals surface area contributed by atoms with Gasteiger partial charge in [0.2, 0.25) is 0 Å². The number of carbonyl (C=O) groups is 2. The zero-order valence-electron chi connectivity index (χ0n) is 17.7. The molecule has 0 N–H and O–H groups in total. The average molecular weight is 410 g/mol. The highest BCUT2D eigenvalue weighted by molar-refractivity contribution is 6.11. The van der Waals surface area contributed by atoms with Crippen LogP contribution in [0.5, 0.6) is 11.5 Å². The fourth-order valence-corrected chi connectivity index (χ4v) is 3.35. The summed E-state index contributed by atoms with van der Waals surface area (Å²) in [6, 6.07) is 12.2. The number of hydrogen-bond acceptors (Lipinski definition) is 6. The average Bonchev–Trinajstić information content (AvgIpc) is 2.68. The molecule has 0 spiro atoms. The predicted molar refractivity (Wildman–Crippen MR) is 115 cm³/mol. The Bertz CT molecular complexity index is 999. The van der Waals surface area contributed by atoms with Crippen LogP contribution in [0.25, 0.3) is 21.5 Å². The first-order chi connectivity index (χ1) is 14.4. The maximum atomic E-state index is 11.0. The van der Waals surface area contributed by atoms with Gasteiger partial charge in [-0.1, -0.05) is 35.4 Å². The van der Waals surface area contributed by atoms with Crippen LogP contribution < -0.4 is 9.47 Å². The molecule has 6 nitrogen and oxygen atoms in total. The number of rotatable bonds is 8. The molecule has 0 bridgehead atoms. The van der Waals surface area contributed by atoms with E-state index in [-0.39, 0.29) is 38.4 Å². The first-order valence-electron chi connectivity index (χ1n) is 9.86. The Morgan fingerprint density at radius 3 is 1.40 bits per heavy atom. The molecule has 0 amide bonds. The molecule has 0 saturated carbocycles. The van der Waals surface area contributed by atoms with Gasteiger partial charge in [0.1, 0.15) is 37.9 Å². The second-order valence-corrected chi connectivity index (χ2v) is 7.13. The SMILES string of the molecule is CC(=O)OCCOc1c2ccc(C)cc2c(OCCOC(C)=O)c2ccc(C)cc12. The van der Waals surface area contributed by atoms with Crippen molar-refractivity contribution in [2.24, 2.45) is 0 Å². The van der Waals surface area contributed by atoms with Gasteiger partial charge in [0.15, 0.2) is 0 Å². The molecule has 0 heterocycles. The maximum absolute atomic E-state index is 11.0. The minimum Gasteiger partial charge on any atom is -0.489 e. The third-order valence-corrected chi connectivity index (χ3v) is 4.60. The fourth-order valence-electron chi connectivity index (χ4n) is 3.35. The molecule has 0 aliphatic heterocycles. The molecule has 0 saturated heterocycles. The highest BCUT2D eigenvalue weighted by Gasteiger charge is 2.17. The van der Waals surface area contributed by atoms with Crippen molar-refractivity contribution in [2.45, 2.75) is 27.7 Å². The molecular formula is C24H26O6. The molecule has 3 rings (SSSR count). The lowest BCUT2D eigenvalue weighted by atomic mass is 9.98. The molecule has 0 aliphatic carbocycles. The summed E-state index contributed by atoms with van der Waals surface area (Å²) in [6.07, 6.45) is 0. The van der Waals surface area contributed by atoms with E-state index in [0.717, 1.165) is 44.2 Å². The molecule has 0 atom stereocenters. The van der Waals surface area contributed by atoms with Crippen LogP contribution >= 0.6 is 0 Å². The van der Waals surface area contributed by atoms with Crippen molar-refractivity contribution in [3.8, 4) is 11.5 Å². The number of hydrogen-bond donors (Lipinski definition) is 0. The Labute approximate surface area is 175 Å². The van der Waals surface area contributed by atoms with Crippen LogP contribution in [0.15, 0.2) is 36.4 Å².